The van der Waals surface area contributed by atoms with Gasteiger partial charge in [0.05, 0.1) is 12.2 Å². The van der Waals surface area contributed by atoms with Crippen LogP contribution in [0.1, 0.15) is 38.3 Å². The number of benzene rings is 1. The van der Waals surface area contributed by atoms with Gasteiger partial charge in [-0.2, -0.15) is 13.2 Å². The molecule has 0 radical (unpaired) electrons. The van der Waals surface area contributed by atoms with Crippen LogP contribution in [0.25, 0.3) is 6.08 Å². The molecule has 0 spiro atoms. The number of hydrogen-bond acceptors (Lipinski definition) is 10. The second kappa shape index (κ2) is 12.1. The second-order valence-electron chi connectivity index (χ2n) is 7.66. The molecular weight excluding hydrogens is 540 g/mol. The van der Waals surface area contributed by atoms with E-state index < -0.39 is 71.9 Å². The SMILES string of the molecule is CCc1cc(OC(F)(F)F)cc2c1O[C@H](C(F)(F)F)C(C(=O)OC(C)OC(=O)OCCC(C)O[N+](=O)[O-])=C2. The van der Waals surface area contributed by atoms with Crippen molar-refractivity contribution >= 4 is 18.2 Å². The molecule has 0 aliphatic carbocycles. The molecule has 0 fully saturated rings. The third-order valence-corrected chi connectivity index (χ3v) is 4.69. The van der Waals surface area contributed by atoms with Crippen LogP contribution in [0.5, 0.6) is 11.5 Å². The van der Waals surface area contributed by atoms with E-state index in [1.165, 1.54) is 13.8 Å². The zero-order valence-corrected chi connectivity index (χ0v) is 19.9. The van der Waals surface area contributed by atoms with Gasteiger partial charge < -0.3 is 28.5 Å². The molecule has 11 nitrogen and oxygen atoms in total. The van der Waals surface area contributed by atoms with Crippen LogP contribution in [0.3, 0.4) is 0 Å². The van der Waals surface area contributed by atoms with Crippen LogP contribution in [-0.4, -0.2) is 54.9 Å². The van der Waals surface area contributed by atoms with Crippen LogP contribution in [0.15, 0.2) is 17.7 Å². The summed E-state index contributed by atoms with van der Waals surface area (Å²) in [5.74, 6) is -2.79. The van der Waals surface area contributed by atoms with E-state index in [9.17, 15) is 46.0 Å². The van der Waals surface area contributed by atoms with Crippen molar-refractivity contribution in [1.29, 1.82) is 0 Å². The zero-order valence-electron chi connectivity index (χ0n) is 19.9. The molecule has 0 N–H and O–H groups in total. The summed E-state index contributed by atoms with van der Waals surface area (Å²) in [6.07, 6.45) is -16.7. The maximum Gasteiger partial charge on any atom is 0.573 e. The molecule has 3 atom stereocenters. The average Bonchev–Trinajstić information content (AvgIpc) is 2.75. The summed E-state index contributed by atoms with van der Waals surface area (Å²) in [7, 11) is 0. The van der Waals surface area contributed by atoms with Gasteiger partial charge in [-0.3, -0.25) is 0 Å². The summed E-state index contributed by atoms with van der Waals surface area (Å²) in [5, 5.41) is 9.16. The van der Waals surface area contributed by atoms with Gasteiger partial charge in [-0.1, -0.05) is 6.92 Å². The summed E-state index contributed by atoms with van der Waals surface area (Å²) < 4.78 is 102. The van der Waals surface area contributed by atoms with Crippen molar-refractivity contribution in [3.05, 3.63) is 38.9 Å². The largest absolute Gasteiger partial charge is 0.573 e. The third-order valence-electron chi connectivity index (χ3n) is 4.69. The molecule has 0 bridgehead atoms. The minimum Gasteiger partial charge on any atom is -0.475 e. The van der Waals surface area contributed by atoms with Crippen molar-refractivity contribution in [2.24, 2.45) is 0 Å². The molecule has 212 valence electrons. The summed E-state index contributed by atoms with van der Waals surface area (Å²) >= 11 is 0. The summed E-state index contributed by atoms with van der Waals surface area (Å²) in [4.78, 5) is 38.6. The fraction of sp³-hybridized carbons (Fsp3) is 0.524. The van der Waals surface area contributed by atoms with E-state index >= 15 is 0 Å². The lowest BCUT2D eigenvalue weighted by molar-refractivity contribution is -0.767. The van der Waals surface area contributed by atoms with Gasteiger partial charge in [0.15, 0.2) is 0 Å². The van der Waals surface area contributed by atoms with E-state index in [2.05, 4.69) is 19.0 Å². The molecule has 1 heterocycles. The molecule has 17 heteroatoms. The Balaban J connectivity index is 2.18. The van der Waals surface area contributed by atoms with Crippen LogP contribution in [-0.2, 0) is 30.3 Å². The van der Waals surface area contributed by atoms with Crippen LogP contribution >= 0.6 is 0 Å². The summed E-state index contributed by atoms with van der Waals surface area (Å²) in [5.41, 5.74) is -1.49. The van der Waals surface area contributed by atoms with Crippen molar-refractivity contribution in [3.8, 4) is 11.5 Å². The normalized spacial score (nSPS) is 16.7. The van der Waals surface area contributed by atoms with Crippen molar-refractivity contribution in [3.63, 3.8) is 0 Å². The molecule has 0 saturated carbocycles. The van der Waals surface area contributed by atoms with E-state index in [-0.39, 0.29) is 24.0 Å². The van der Waals surface area contributed by atoms with E-state index in [1.807, 2.05) is 0 Å². The number of alkyl halides is 6. The first-order valence-corrected chi connectivity index (χ1v) is 10.7. The van der Waals surface area contributed by atoms with E-state index in [1.54, 1.807) is 0 Å². The first-order valence-electron chi connectivity index (χ1n) is 10.7. The number of nitrogens with zero attached hydrogens (tertiary/aromatic N) is 1. The molecule has 1 aromatic rings. The first-order chi connectivity index (χ1) is 17.5. The monoisotopic (exact) mass is 561 g/mol. The van der Waals surface area contributed by atoms with Gasteiger partial charge in [-0.15, -0.1) is 23.3 Å². The summed E-state index contributed by atoms with van der Waals surface area (Å²) in [6, 6.07) is 1.60. The fourth-order valence-electron chi connectivity index (χ4n) is 3.14. The Morgan fingerprint density at radius 1 is 1.13 bits per heavy atom. The highest BCUT2D eigenvalue weighted by Crippen LogP contribution is 2.42. The molecule has 0 aromatic heterocycles. The predicted octanol–water partition coefficient (Wildman–Crippen LogP) is 4.88. The fourth-order valence-corrected chi connectivity index (χ4v) is 3.14. The third kappa shape index (κ3) is 8.88. The van der Waals surface area contributed by atoms with Crippen molar-refractivity contribution in [2.45, 2.75) is 64.6 Å². The molecule has 38 heavy (non-hydrogen) atoms. The number of aryl methyl sites for hydroxylation is 1. The maximum atomic E-state index is 13.7. The van der Waals surface area contributed by atoms with Crippen LogP contribution in [0, 0.1) is 10.1 Å². The number of hydrogen-bond donors (Lipinski definition) is 0. The number of carbonyl (C=O) groups excluding carboxylic acids is 2. The minimum absolute atomic E-state index is 0.0283. The lowest BCUT2D eigenvalue weighted by Gasteiger charge is -2.30. The Bertz CT molecular complexity index is 1070. The molecule has 0 saturated heterocycles. The smallest absolute Gasteiger partial charge is 0.475 e. The molecule has 1 aromatic carbocycles. The number of carbonyl (C=O) groups is 2. The maximum absolute atomic E-state index is 13.7. The van der Waals surface area contributed by atoms with Crippen LogP contribution in [0.2, 0.25) is 0 Å². The van der Waals surface area contributed by atoms with Gasteiger partial charge in [0.1, 0.15) is 17.6 Å². The van der Waals surface area contributed by atoms with Gasteiger partial charge in [-0.05, 0) is 37.1 Å². The van der Waals surface area contributed by atoms with Crippen molar-refractivity contribution < 1.29 is 69.5 Å². The standard InChI is InChI=1S/C21H21F6NO10/c1-4-12-7-14(37-21(25,26)27)8-13-9-15(17(20(22,23)24)36-16(12)13)18(29)34-11(3)35-19(30)33-6-5-10(2)38-28(31)32/h7-11,17H,4-6H2,1-3H3/t10?,11?,17-/m0/s1. The van der Waals surface area contributed by atoms with Gasteiger partial charge >= 0.3 is 24.7 Å². The number of esters is 1. The zero-order chi connectivity index (χ0) is 28.8. The minimum atomic E-state index is -5.14. The lowest BCUT2D eigenvalue weighted by Crippen LogP contribution is -2.41. The number of ether oxygens (including phenoxy) is 5. The van der Waals surface area contributed by atoms with Crippen molar-refractivity contribution in [1.82, 2.24) is 0 Å². The quantitative estimate of drug-likeness (QED) is 0.128. The van der Waals surface area contributed by atoms with Crippen molar-refractivity contribution in [2.75, 3.05) is 6.61 Å². The second-order valence-corrected chi connectivity index (χ2v) is 7.66. The molecule has 2 rings (SSSR count). The topological polar surface area (TPSA) is 133 Å². The molecule has 1 aliphatic heterocycles. The average molecular weight is 561 g/mol. The Hall–Kier alpha value is -3.92. The first kappa shape index (κ1) is 30.3. The molecule has 2 unspecified atom stereocenters. The Morgan fingerprint density at radius 2 is 1.79 bits per heavy atom. The van der Waals surface area contributed by atoms with Crippen LogP contribution < -0.4 is 9.47 Å². The van der Waals surface area contributed by atoms with E-state index in [0.717, 1.165) is 19.1 Å². The van der Waals surface area contributed by atoms with Gasteiger partial charge in [-0.25, -0.2) is 9.59 Å². The number of rotatable bonds is 10. The van der Waals surface area contributed by atoms with Gasteiger partial charge in [0, 0.05) is 18.9 Å². The van der Waals surface area contributed by atoms with Gasteiger partial charge in [0.2, 0.25) is 12.4 Å². The van der Waals surface area contributed by atoms with E-state index in [0.29, 0.717) is 6.08 Å². The molecule has 1 aliphatic rings. The number of halogens is 6. The highest BCUT2D eigenvalue weighted by atomic mass is 19.4. The van der Waals surface area contributed by atoms with Gasteiger partial charge in [0.25, 0.3) is 5.09 Å². The Kier molecular flexibility index (Phi) is 9.64. The highest BCUT2D eigenvalue weighted by Gasteiger charge is 2.49. The molecular formula is C21H21F6NO10. The Morgan fingerprint density at radius 3 is 2.34 bits per heavy atom. The lowest BCUT2D eigenvalue weighted by atomic mass is 9.97. The highest BCUT2D eigenvalue weighted by molar-refractivity contribution is 5.96. The number of fused-ring (bicyclic) bond motifs is 1. The predicted molar refractivity (Wildman–Crippen MR) is 111 cm³/mol. The summed E-state index contributed by atoms with van der Waals surface area (Å²) in [6.45, 7) is 3.35. The Labute approximate surface area is 210 Å². The van der Waals surface area contributed by atoms with E-state index in [4.69, 9.17) is 9.47 Å². The molecule has 0 amide bonds. The van der Waals surface area contributed by atoms with Crippen LogP contribution in [0.4, 0.5) is 31.1 Å².